The Morgan fingerprint density at radius 2 is 2.12 bits per heavy atom. The first-order valence-corrected chi connectivity index (χ1v) is 9.33. The molecule has 5 nitrogen and oxygen atoms in total. The molecule has 0 bridgehead atoms. The Labute approximate surface area is 159 Å². The fourth-order valence-electron chi connectivity index (χ4n) is 3.34. The van der Waals surface area contributed by atoms with Crippen molar-refractivity contribution in [1.29, 1.82) is 5.41 Å². The molecule has 138 valence electrons. The van der Waals surface area contributed by atoms with Crippen LogP contribution < -0.4 is 0 Å². The Morgan fingerprint density at radius 1 is 1.40 bits per heavy atom. The molecule has 2 rings (SSSR count). The van der Waals surface area contributed by atoms with Crippen molar-refractivity contribution in [2.45, 2.75) is 45.7 Å². The van der Waals surface area contributed by atoms with E-state index in [1.807, 2.05) is 15.9 Å². The second kappa shape index (κ2) is 8.77. The number of nitrogens with one attached hydrogen (secondary N) is 1. The molecule has 1 aromatic rings. The zero-order valence-electron chi connectivity index (χ0n) is 14.6. The van der Waals surface area contributed by atoms with Crippen LogP contribution in [0.2, 0.25) is 10.0 Å². The summed E-state index contributed by atoms with van der Waals surface area (Å²) in [4.78, 5) is 15.1. The summed E-state index contributed by atoms with van der Waals surface area (Å²) in [5, 5.41) is 18.9. The topological polar surface area (TPSA) is 67.6 Å². The largest absolute Gasteiger partial charge is 0.481 e. The molecule has 25 heavy (non-hydrogen) atoms. The van der Waals surface area contributed by atoms with E-state index < -0.39 is 5.97 Å². The molecule has 0 amide bonds. The van der Waals surface area contributed by atoms with E-state index in [1.54, 1.807) is 12.1 Å². The number of halogens is 2. The van der Waals surface area contributed by atoms with Gasteiger partial charge in [-0.3, -0.25) is 10.2 Å². The number of carbonyl (C=O) groups is 1. The lowest BCUT2D eigenvalue weighted by Gasteiger charge is -2.45. The van der Waals surface area contributed by atoms with E-state index in [0.29, 0.717) is 35.6 Å². The van der Waals surface area contributed by atoms with Crippen molar-refractivity contribution >= 4 is 35.1 Å². The van der Waals surface area contributed by atoms with Gasteiger partial charge in [-0.1, -0.05) is 42.6 Å². The zero-order valence-corrected chi connectivity index (χ0v) is 16.1. The van der Waals surface area contributed by atoms with Gasteiger partial charge in [-0.25, -0.2) is 0 Å². The first kappa shape index (κ1) is 19.9. The maximum absolute atomic E-state index is 11.2. The lowest BCUT2D eigenvalue weighted by molar-refractivity contribution is -0.138. The Hall–Kier alpha value is -1.46. The van der Waals surface area contributed by atoms with Gasteiger partial charge in [0.2, 0.25) is 0 Å². The van der Waals surface area contributed by atoms with Crippen molar-refractivity contribution in [3.8, 4) is 0 Å². The van der Waals surface area contributed by atoms with Crippen LogP contribution in [0, 0.1) is 11.3 Å². The Bertz CT molecular complexity index is 639. The summed E-state index contributed by atoms with van der Waals surface area (Å²) in [5.74, 6) is -0.378. The number of nitrogens with zero attached hydrogens (tertiary/aromatic N) is 2. The number of benzene rings is 1. The summed E-state index contributed by atoms with van der Waals surface area (Å²) in [6, 6.07) is 5.54. The average Bonchev–Trinajstić information content (AvgIpc) is 2.52. The molecule has 1 fully saturated rings. The van der Waals surface area contributed by atoms with Crippen molar-refractivity contribution < 1.29 is 9.90 Å². The van der Waals surface area contributed by atoms with Gasteiger partial charge >= 0.3 is 5.97 Å². The molecule has 2 atom stereocenters. The Morgan fingerprint density at radius 3 is 2.72 bits per heavy atom. The first-order valence-electron chi connectivity index (χ1n) is 8.57. The molecule has 0 saturated carbocycles. The molecule has 1 aromatic carbocycles. The van der Waals surface area contributed by atoms with Crippen LogP contribution in [-0.2, 0) is 11.3 Å². The molecule has 2 N–H and O–H groups in total. The third-order valence-corrected chi connectivity index (χ3v) is 5.17. The molecule has 0 aliphatic carbocycles. The molecule has 1 aliphatic rings. The standard InChI is InChI=1S/C18H25Cl2N3O2/c1-3-4-12(2)23-10-13(7-17(24)25)9-22(18(23)21)11-14-5-6-15(19)8-16(14)20/h5-6,8,12-13,21H,3-4,7,9-11H2,1-2H3,(H,24,25). The molecular weight excluding hydrogens is 361 g/mol. The molecule has 7 heteroatoms. The van der Waals surface area contributed by atoms with Crippen molar-refractivity contribution in [3.63, 3.8) is 0 Å². The highest BCUT2D eigenvalue weighted by Gasteiger charge is 2.32. The van der Waals surface area contributed by atoms with E-state index in [-0.39, 0.29) is 18.4 Å². The lowest BCUT2D eigenvalue weighted by atomic mass is 9.99. The number of hydrogen-bond acceptors (Lipinski definition) is 2. The molecule has 1 saturated heterocycles. The van der Waals surface area contributed by atoms with E-state index in [1.165, 1.54) is 0 Å². The fourth-order valence-corrected chi connectivity index (χ4v) is 3.80. The maximum Gasteiger partial charge on any atom is 0.303 e. The molecule has 2 unspecified atom stereocenters. The van der Waals surface area contributed by atoms with Crippen molar-refractivity contribution in [1.82, 2.24) is 9.80 Å². The predicted molar refractivity (Wildman–Crippen MR) is 101 cm³/mol. The van der Waals surface area contributed by atoms with Gasteiger partial charge < -0.3 is 14.9 Å². The molecular formula is C18H25Cl2N3O2. The summed E-state index contributed by atoms with van der Waals surface area (Å²) in [7, 11) is 0. The van der Waals surface area contributed by atoms with Gasteiger partial charge in [0, 0.05) is 41.6 Å². The van der Waals surface area contributed by atoms with Gasteiger partial charge in [-0.05, 0) is 31.0 Å². The highest BCUT2D eigenvalue weighted by atomic mass is 35.5. The first-order chi connectivity index (χ1) is 11.8. The minimum Gasteiger partial charge on any atom is -0.481 e. The van der Waals surface area contributed by atoms with Gasteiger partial charge in [0.25, 0.3) is 0 Å². The quantitative estimate of drug-likeness (QED) is 0.732. The van der Waals surface area contributed by atoms with Crippen LogP contribution in [-0.4, -0.2) is 46.0 Å². The minimum absolute atomic E-state index is 0.0167. The average molecular weight is 386 g/mol. The van der Waals surface area contributed by atoms with Gasteiger partial charge in [-0.2, -0.15) is 0 Å². The van der Waals surface area contributed by atoms with Gasteiger partial charge in [0.05, 0.1) is 6.42 Å². The number of rotatable bonds is 7. The third-order valence-electron chi connectivity index (χ3n) is 4.58. The van der Waals surface area contributed by atoms with E-state index in [9.17, 15) is 9.90 Å². The Balaban J connectivity index is 2.20. The van der Waals surface area contributed by atoms with Crippen LogP contribution in [0.25, 0.3) is 0 Å². The smallest absolute Gasteiger partial charge is 0.303 e. The number of aliphatic carboxylic acids is 1. The summed E-state index contributed by atoms with van der Waals surface area (Å²) in [6.07, 6.45) is 2.10. The van der Waals surface area contributed by atoms with Crippen LogP contribution in [0.4, 0.5) is 0 Å². The fraction of sp³-hybridized carbons (Fsp3) is 0.556. The number of hydrogen-bond donors (Lipinski definition) is 2. The van der Waals surface area contributed by atoms with Crippen LogP contribution in [0.5, 0.6) is 0 Å². The normalized spacial score (nSPS) is 19.2. The van der Waals surface area contributed by atoms with Crippen molar-refractivity contribution in [3.05, 3.63) is 33.8 Å². The van der Waals surface area contributed by atoms with Crippen LogP contribution in [0.1, 0.15) is 38.7 Å². The summed E-state index contributed by atoms with van der Waals surface area (Å²) >= 11 is 12.2. The number of carboxylic acids is 1. The molecule has 1 heterocycles. The molecule has 1 aliphatic heterocycles. The van der Waals surface area contributed by atoms with Crippen molar-refractivity contribution in [2.24, 2.45) is 5.92 Å². The summed E-state index contributed by atoms with van der Waals surface area (Å²) in [5.41, 5.74) is 0.884. The maximum atomic E-state index is 11.2. The van der Waals surface area contributed by atoms with Crippen LogP contribution >= 0.6 is 23.2 Å². The third kappa shape index (κ3) is 5.25. The van der Waals surface area contributed by atoms with Gasteiger partial charge in [-0.15, -0.1) is 0 Å². The van der Waals surface area contributed by atoms with Gasteiger partial charge in [0.1, 0.15) is 0 Å². The summed E-state index contributed by atoms with van der Waals surface area (Å²) < 4.78 is 0. The van der Waals surface area contributed by atoms with Crippen molar-refractivity contribution in [2.75, 3.05) is 13.1 Å². The SMILES string of the molecule is CCCC(C)N1CC(CC(=O)O)CN(Cc2ccc(Cl)cc2Cl)C1=N. The van der Waals surface area contributed by atoms with Crippen LogP contribution in [0.3, 0.4) is 0 Å². The number of carboxylic acid groups (broad SMARTS) is 1. The zero-order chi connectivity index (χ0) is 18.6. The molecule has 0 aromatic heterocycles. The van der Waals surface area contributed by atoms with Gasteiger partial charge in [0.15, 0.2) is 5.96 Å². The highest BCUT2D eigenvalue weighted by Crippen LogP contribution is 2.26. The van der Waals surface area contributed by atoms with E-state index >= 15 is 0 Å². The molecule has 0 spiro atoms. The minimum atomic E-state index is -0.800. The van der Waals surface area contributed by atoms with E-state index in [4.69, 9.17) is 28.6 Å². The highest BCUT2D eigenvalue weighted by molar-refractivity contribution is 6.35. The van der Waals surface area contributed by atoms with E-state index in [2.05, 4.69) is 13.8 Å². The van der Waals surface area contributed by atoms with E-state index in [0.717, 1.165) is 18.4 Å². The predicted octanol–water partition coefficient (Wildman–Crippen LogP) is 4.33. The molecule has 0 radical (unpaired) electrons. The second-order valence-corrected chi connectivity index (χ2v) is 7.54. The Kier molecular flexibility index (Phi) is 6.96. The van der Waals surface area contributed by atoms with Crippen LogP contribution in [0.15, 0.2) is 18.2 Å². The summed E-state index contributed by atoms with van der Waals surface area (Å²) in [6.45, 7) is 5.83. The monoisotopic (exact) mass is 385 g/mol. The lowest BCUT2D eigenvalue weighted by Crippen LogP contribution is -2.56. The second-order valence-electron chi connectivity index (χ2n) is 6.69. The number of guanidine groups is 1.